The molecule has 35 heavy (non-hydrogen) atoms. The number of rotatable bonds is 2. The van der Waals surface area contributed by atoms with Crippen LogP contribution in [0.25, 0.3) is 0 Å². The highest BCUT2D eigenvalue weighted by Crippen LogP contribution is 2.41. The molecule has 3 aliphatic rings. The van der Waals surface area contributed by atoms with E-state index in [1.807, 2.05) is 0 Å². The van der Waals surface area contributed by atoms with Crippen molar-refractivity contribution < 1.29 is 24.0 Å². The number of nitrogens with zero attached hydrogens (tertiary/aromatic N) is 4. The molecular weight excluding hydrogens is 448 g/mol. The second-order valence-electron chi connectivity index (χ2n) is 7.53. The molecule has 2 heterocycles. The van der Waals surface area contributed by atoms with E-state index >= 15 is 0 Å². The molecule has 0 bridgehead atoms. The lowest BCUT2D eigenvalue weighted by atomic mass is 9.87. The van der Waals surface area contributed by atoms with Crippen LogP contribution in [0.2, 0.25) is 0 Å². The molecule has 9 heteroatoms. The maximum Gasteiger partial charge on any atom is 0.266 e. The van der Waals surface area contributed by atoms with Gasteiger partial charge in [-0.1, -0.05) is 30.8 Å². The Kier molecular flexibility index (Phi) is 4.53. The predicted octanol–water partition coefficient (Wildman–Crippen LogP) is 2.43. The van der Waals surface area contributed by atoms with E-state index in [0.717, 1.165) is 0 Å². The minimum absolute atomic E-state index is 0.00258. The zero-order valence-corrected chi connectivity index (χ0v) is 17.7. The van der Waals surface area contributed by atoms with Crippen LogP contribution in [-0.2, 0) is 4.79 Å². The summed E-state index contributed by atoms with van der Waals surface area (Å²) in [5.74, 6) is -4.61. The summed E-state index contributed by atoms with van der Waals surface area (Å²) in [5, 5.41) is 19.4. The van der Waals surface area contributed by atoms with Gasteiger partial charge >= 0.3 is 0 Å². The zero-order chi connectivity index (χ0) is 25.0. The molecule has 0 N–H and O–H groups in total. The maximum absolute atomic E-state index is 13.5. The molecule has 0 radical (unpaired) electrons. The molecule has 9 nitrogen and oxygen atoms in total. The highest BCUT2D eigenvalue weighted by atomic mass is 16.2. The number of Topliss-reactive ketones (excluding diaryl/α,β-unsaturated/α-hetero) is 1. The van der Waals surface area contributed by atoms with Gasteiger partial charge in [0, 0.05) is 0 Å². The molecule has 0 spiro atoms. The molecule has 2 aromatic rings. The second kappa shape index (κ2) is 7.46. The Morgan fingerprint density at radius 2 is 0.971 bits per heavy atom. The van der Waals surface area contributed by atoms with Crippen molar-refractivity contribution in [2.24, 2.45) is 0 Å². The van der Waals surface area contributed by atoms with E-state index in [4.69, 9.17) is 0 Å². The summed E-state index contributed by atoms with van der Waals surface area (Å²) < 4.78 is 0. The quantitative estimate of drug-likeness (QED) is 0.497. The third-order valence-corrected chi connectivity index (χ3v) is 5.84. The Hall–Kier alpha value is -5.63. The van der Waals surface area contributed by atoms with Crippen molar-refractivity contribution in [1.82, 2.24) is 9.80 Å². The first kappa shape index (κ1) is 21.2. The number of fused-ring (bicyclic) bond motifs is 2. The molecule has 2 aliphatic heterocycles. The molecule has 0 saturated carbocycles. The largest absolute Gasteiger partial charge is 0.286 e. The topological polar surface area (TPSA) is 139 Å². The molecule has 2 aromatic carbocycles. The lowest BCUT2D eigenvalue weighted by Gasteiger charge is -2.29. The van der Waals surface area contributed by atoms with Crippen LogP contribution >= 0.6 is 0 Å². The summed E-state index contributed by atoms with van der Waals surface area (Å²) >= 11 is 0. The van der Waals surface area contributed by atoms with Crippen LogP contribution in [0.5, 0.6) is 0 Å². The number of benzene rings is 2. The third-order valence-electron chi connectivity index (χ3n) is 5.84. The summed E-state index contributed by atoms with van der Waals surface area (Å²) in [6.07, 6.45) is 0. The van der Waals surface area contributed by atoms with Gasteiger partial charge < -0.3 is 0 Å². The molecule has 0 aromatic heterocycles. The van der Waals surface area contributed by atoms with Gasteiger partial charge in [-0.05, 0) is 24.3 Å². The number of allylic oxidation sites excluding steroid dienone is 2. The Morgan fingerprint density at radius 3 is 1.31 bits per heavy atom. The molecule has 0 unspecified atom stereocenters. The van der Waals surface area contributed by atoms with Crippen LogP contribution < -0.4 is 0 Å². The number of imide groups is 2. The highest BCUT2D eigenvalue weighted by molar-refractivity contribution is 6.30. The number of nitriles is 2. The monoisotopic (exact) mass is 458 g/mol. The average molecular weight is 458 g/mol. The number of hydrogen-bond donors (Lipinski definition) is 0. The van der Waals surface area contributed by atoms with Crippen molar-refractivity contribution in [2.75, 3.05) is 0 Å². The standard InChI is InChI=1S/C26H10N4O5/c1-2-13-18(11-27)19(12-28)22(31)21(30-25(34)16-9-5-6-10-17(16)26(30)35)20(13)29-23(32)14-7-3-4-8-15(14)24(29)33/h3-10H,1H2. The van der Waals surface area contributed by atoms with Crippen LogP contribution in [0, 0.1) is 22.7 Å². The summed E-state index contributed by atoms with van der Waals surface area (Å²) in [5.41, 5.74) is -0.243. The SMILES string of the molecule is C=C=C1C(C#N)=C(C#N)C(=O)C(N2C(=O)c3ccccc3C2=O)=C1N1C(=O)c2ccccc2C1=O. The summed E-state index contributed by atoms with van der Waals surface area (Å²) in [6.45, 7) is 3.50. The average Bonchev–Trinajstić information content (AvgIpc) is 3.28. The molecule has 164 valence electrons. The van der Waals surface area contributed by atoms with Crippen LogP contribution in [0.4, 0.5) is 0 Å². The molecule has 0 fully saturated rings. The van der Waals surface area contributed by atoms with E-state index in [1.54, 1.807) is 12.1 Å². The summed E-state index contributed by atoms with van der Waals surface area (Å²) in [7, 11) is 0. The molecule has 0 saturated heterocycles. The van der Waals surface area contributed by atoms with Gasteiger partial charge in [0.25, 0.3) is 23.6 Å². The van der Waals surface area contributed by atoms with Gasteiger partial charge in [0.1, 0.15) is 23.4 Å². The van der Waals surface area contributed by atoms with Crippen molar-refractivity contribution in [3.63, 3.8) is 0 Å². The van der Waals surface area contributed by atoms with E-state index in [-0.39, 0.29) is 27.8 Å². The van der Waals surface area contributed by atoms with Gasteiger partial charge in [-0.3, -0.25) is 24.0 Å². The fraction of sp³-hybridized carbons (Fsp3) is 0. The Labute approximate surface area is 197 Å². The molecular formula is C26H10N4O5. The molecule has 4 amide bonds. The second-order valence-corrected chi connectivity index (χ2v) is 7.53. The number of hydrogen-bond acceptors (Lipinski definition) is 7. The minimum atomic E-state index is -1.16. The lowest BCUT2D eigenvalue weighted by Crippen LogP contribution is -2.42. The van der Waals surface area contributed by atoms with E-state index in [9.17, 15) is 34.5 Å². The van der Waals surface area contributed by atoms with Crippen molar-refractivity contribution >= 4 is 29.4 Å². The van der Waals surface area contributed by atoms with Crippen molar-refractivity contribution in [2.45, 2.75) is 0 Å². The van der Waals surface area contributed by atoms with Gasteiger partial charge in [0.15, 0.2) is 0 Å². The first-order valence-electron chi connectivity index (χ1n) is 10.1. The Balaban J connectivity index is 1.84. The minimum Gasteiger partial charge on any atom is -0.286 e. The van der Waals surface area contributed by atoms with E-state index < -0.39 is 52.0 Å². The number of ketones is 1. The maximum atomic E-state index is 13.5. The Morgan fingerprint density at radius 1 is 0.600 bits per heavy atom. The molecule has 0 atom stereocenters. The Bertz CT molecular complexity index is 1600. The number of amides is 4. The van der Waals surface area contributed by atoms with Gasteiger partial charge in [-0.25, -0.2) is 9.80 Å². The third kappa shape index (κ3) is 2.64. The number of carbonyl (C=O) groups excluding carboxylic acids is 5. The van der Waals surface area contributed by atoms with Crippen LogP contribution in [0.3, 0.4) is 0 Å². The normalized spacial score (nSPS) is 17.0. The highest BCUT2D eigenvalue weighted by Gasteiger charge is 2.50. The van der Waals surface area contributed by atoms with Gasteiger partial charge in [-0.15, -0.1) is 5.73 Å². The fourth-order valence-electron chi connectivity index (χ4n) is 4.30. The molecule has 5 rings (SSSR count). The molecule has 1 aliphatic carbocycles. The smallest absolute Gasteiger partial charge is 0.266 e. The van der Waals surface area contributed by atoms with Crippen LogP contribution in [0.1, 0.15) is 41.4 Å². The lowest BCUT2D eigenvalue weighted by molar-refractivity contribution is -0.113. The van der Waals surface area contributed by atoms with Gasteiger partial charge in [0.05, 0.1) is 39.1 Å². The van der Waals surface area contributed by atoms with E-state index in [1.165, 1.54) is 48.5 Å². The van der Waals surface area contributed by atoms with Crippen LogP contribution in [0.15, 0.2) is 89.0 Å². The first-order chi connectivity index (χ1) is 16.9. The fourth-order valence-corrected chi connectivity index (χ4v) is 4.30. The number of carbonyl (C=O) groups is 5. The van der Waals surface area contributed by atoms with Crippen LogP contribution in [-0.4, -0.2) is 39.2 Å². The van der Waals surface area contributed by atoms with E-state index in [2.05, 4.69) is 12.3 Å². The van der Waals surface area contributed by atoms with E-state index in [0.29, 0.717) is 9.80 Å². The van der Waals surface area contributed by atoms with Crippen molar-refractivity contribution in [3.8, 4) is 12.1 Å². The van der Waals surface area contributed by atoms with Crippen molar-refractivity contribution in [3.05, 3.63) is 111 Å². The predicted molar refractivity (Wildman–Crippen MR) is 117 cm³/mol. The zero-order valence-electron chi connectivity index (χ0n) is 17.7. The summed E-state index contributed by atoms with van der Waals surface area (Å²) in [6, 6.07) is 15.1. The first-order valence-corrected chi connectivity index (χ1v) is 10.1. The van der Waals surface area contributed by atoms with Gasteiger partial charge in [-0.2, -0.15) is 10.5 Å². The summed E-state index contributed by atoms with van der Waals surface area (Å²) in [4.78, 5) is 67.8. The van der Waals surface area contributed by atoms with Gasteiger partial charge in [0.2, 0.25) is 5.78 Å². The van der Waals surface area contributed by atoms with Crippen molar-refractivity contribution in [1.29, 1.82) is 10.5 Å².